The highest BCUT2D eigenvalue weighted by molar-refractivity contribution is 5.54. The molecule has 19 heavy (non-hydrogen) atoms. The lowest BCUT2D eigenvalue weighted by Gasteiger charge is -2.31. The van der Waals surface area contributed by atoms with Gasteiger partial charge < -0.3 is 10.2 Å². The number of piperidine rings is 1. The first-order valence-electron chi connectivity index (χ1n) is 7.38. The molecule has 100 valence electrons. The van der Waals surface area contributed by atoms with Crippen LogP contribution in [0.1, 0.15) is 37.3 Å². The molecule has 4 nitrogen and oxygen atoms in total. The van der Waals surface area contributed by atoms with E-state index in [1.807, 2.05) is 4.52 Å². The van der Waals surface area contributed by atoms with E-state index in [1.165, 1.54) is 36.8 Å². The molecule has 0 radical (unpaired) electrons. The molecule has 4 rings (SSSR count). The molecule has 0 spiro atoms. The van der Waals surface area contributed by atoms with E-state index in [1.54, 1.807) is 0 Å². The molecule has 0 aromatic carbocycles. The van der Waals surface area contributed by atoms with Gasteiger partial charge in [-0.15, -0.1) is 0 Å². The maximum Gasteiger partial charge on any atom is 0.149 e. The summed E-state index contributed by atoms with van der Waals surface area (Å²) in [6, 6.07) is 7.12. The first kappa shape index (κ1) is 11.3. The lowest BCUT2D eigenvalue weighted by Crippen LogP contribution is -2.37. The van der Waals surface area contributed by atoms with E-state index >= 15 is 0 Å². The Morgan fingerprint density at radius 1 is 1.16 bits per heavy atom. The lowest BCUT2D eigenvalue weighted by molar-refractivity contribution is 0.412. The zero-order chi connectivity index (χ0) is 12.7. The number of fused-ring (bicyclic) bond motifs is 1. The molecule has 4 heteroatoms. The monoisotopic (exact) mass is 256 g/mol. The Balaban J connectivity index is 1.66. The van der Waals surface area contributed by atoms with Crippen LogP contribution in [0.5, 0.6) is 0 Å². The van der Waals surface area contributed by atoms with Crippen molar-refractivity contribution >= 4 is 11.3 Å². The van der Waals surface area contributed by atoms with E-state index in [0.717, 1.165) is 25.5 Å². The summed E-state index contributed by atoms with van der Waals surface area (Å²) in [4.78, 5) is 2.33. The van der Waals surface area contributed by atoms with Crippen molar-refractivity contribution < 1.29 is 0 Å². The Morgan fingerprint density at radius 2 is 2.11 bits per heavy atom. The number of aromatic nitrogens is 2. The average molecular weight is 256 g/mol. The SMILES string of the molecule is c1cc2cc([C@@H]3CCCCN3)cn2nc1N1CCC1. The van der Waals surface area contributed by atoms with Gasteiger partial charge in [-0.05, 0) is 49.6 Å². The second kappa shape index (κ2) is 4.53. The predicted octanol–water partition coefficient (Wildman–Crippen LogP) is 2.36. The number of nitrogens with zero attached hydrogens (tertiary/aromatic N) is 3. The molecule has 0 saturated carbocycles. The highest BCUT2D eigenvalue weighted by Gasteiger charge is 2.18. The maximum absolute atomic E-state index is 4.73. The van der Waals surface area contributed by atoms with E-state index in [4.69, 9.17) is 5.10 Å². The van der Waals surface area contributed by atoms with Gasteiger partial charge in [0.2, 0.25) is 0 Å². The van der Waals surface area contributed by atoms with Crippen LogP contribution in [0.2, 0.25) is 0 Å². The average Bonchev–Trinajstić information content (AvgIpc) is 2.81. The van der Waals surface area contributed by atoms with Crippen LogP contribution in [-0.4, -0.2) is 29.2 Å². The van der Waals surface area contributed by atoms with Crippen LogP contribution in [-0.2, 0) is 0 Å². The molecule has 0 unspecified atom stereocenters. The zero-order valence-corrected chi connectivity index (χ0v) is 11.2. The second-order valence-corrected chi connectivity index (χ2v) is 5.68. The third-order valence-electron chi connectivity index (χ3n) is 4.36. The van der Waals surface area contributed by atoms with E-state index in [9.17, 15) is 0 Å². The smallest absolute Gasteiger partial charge is 0.149 e. The summed E-state index contributed by atoms with van der Waals surface area (Å²) in [5.41, 5.74) is 2.58. The highest BCUT2D eigenvalue weighted by atomic mass is 15.3. The molecule has 0 bridgehead atoms. The Hall–Kier alpha value is -1.55. The van der Waals surface area contributed by atoms with Gasteiger partial charge in [0.1, 0.15) is 5.82 Å². The van der Waals surface area contributed by atoms with Gasteiger partial charge in [-0.3, -0.25) is 0 Å². The molecule has 0 amide bonds. The predicted molar refractivity (Wildman–Crippen MR) is 76.6 cm³/mol. The highest BCUT2D eigenvalue weighted by Crippen LogP contribution is 2.26. The molecule has 2 aliphatic rings. The fourth-order valence-electron chi connectivity index (χ4n) is 3.05. The third kappa shape index (κ3) is 2.00. The Labute approximate surface area is 113 Å². The molecule has 1 atom stereocenters. The molecule has 2 saturated heterocycles. The van der Waals surface area contributed by atoms with Gasteiger partial charge in [0.25, 0.3) is 0 Å². The molecule has 1 N–H and O–H groups in total. The molecule has 2 aromatic rings. The van der Waals surface area contributed by atoms with Crippen molar-refractivity contribution in [2.24, 2.45) is 0 Å². The van der Waals surface area contributed by atoms with Crippen molar-refractivity contribution in [3.05, 3.63) is 30.0 Å². The fourth-order valence-corrected chi connectivity index (χ4v) is 3.05. The largest absolute Gasteiger partial charge is 0.355 e. The number of hydrogen-bond donors (Lipinski definition) is 1. The minimum absolute atomic E-state index is 0.517. The molecular formula is C15H20N4. The van der Waals surface area contributed by atoms with Crippen molar-refractivity contribution in [2.45, 2.75) is 31.7 Å². The van der Waals surface area contributed by atoms with Gasteiger partial charge in [0, 0.05) is 25.3 Å². The molecule has 4 heterocycles. The van der Waals surface area contributed by atoms with Crippen LogP contribution in [0.25, 0.3) is 5.52 Å². The third-order valence-corrected chi connectivity index (χ3v) is 4.36. The molecule has 2 aromatic heterocycles. The Bertz CT molecular complexity index is 579. The molecule has 0 aliphatic carbocycles. The summed E-state index contributed by atoms with van der Waals surface area (Å²) < 4.78 is 2.04. The topological polar surface area (TPSA) is 32.6 Å². The summed E-state index contributed by atoms with van der Waals surface area (Å²) in [6.07, 6.45) is 7.37. The summed E-state index contributed by atoms with van der Waals surface area (Å²) >= 11 is 0. The van der Waals surface area contributed by atoms with Crippen LogP contribution >= 0.6 is 0 Å². The van der Waals surface area contributed by atoms with Crippen LogP contribution in [0.4, 0.5) is 5.82 Å². The first-order chi connectivity index (χ1) is 9.40. The number of nitrogens with one attached hydrogen (secondary N) is 1. The zero-order valence-electron chi connectivity index (χ0n) is 11.2. The molecule has 2 fully saturated rings. The van der Waals surface area contributed by atoms with E-state index in [-0.39, 0.29) is 0 Å². The number of rotatable bonds is 2. The maximum atomic E-state index is 4.73. The summed E-state index contributed by atoms with van der Waals surface area (Å²) in [5, 5.41) is 8.33. The van der Waals surface area contributed by atoms with Crippen LogP contribution < -0.4 is 10.2 Å². The number of hydrogen-bond acceptors (Lipinski definition) is 3. The van der Waals surface area contributed by atoms with E-state index in [2.05, 4.69) is 34.6 Å². The standard InChI is InChI=1S/C15H20N4/c1-2-7-16-14(4-1)12-10-13-5-6-15(17-19(13)11-12)18-8-3-9-18/h5-6,10-11,14,16H,1-4,7-9H2/t14-/m0/s1. The van der Waals surface area contributed by atoms with Crippen molar-refractivity contribution in [3.63, 3.8) is 0 Å². The van der Waals surface area contributed by atoms with Gasteiger partial charge >= 0.3 is 0 Å². The minimum Gasteiger partial charge on any atom is -0.355 e. The fraction of sp³-hybridized carbons (Fsp3) is 0.533. The van der Waals surface area contributed by atoms with Crippen LogP contribution in [0.3, 0.4) is 0 Å². The van der Waals surface area contributed by atoms with Crippen molar-refractivity contribution in [1.82, 2.24) is 14.9 Å². The van der Waals surface area contributed by atoms with Gasteiger partial charge in [0.05, 0.1) is 5.52 Å². The molecule has 2 aliphatic heterocycles. The molecular weight excluding hydrogens is 236 g/mol. The first-order valence-corrected chi connectivity index (χ1v) is 7.38. The van der Waals surface area contributed by atoms with Gasteiger partial charge in [-0.1, -0.05) is 6.42 Å². The quantitative estimate of drug-likeness (QED) is 0.895. The Morgan fingerprint density at radius 3 is 2.84 bits per heavy atom. The van der Waals surface area contributed by atoms with Gasteiger partial charge in [0.15, 0.2) is 0 Å². The minimum atomic E-state index is 0.517. The van der Waals surface area contributed by atoms with Crippen molar-refractivity contribution in [1.29, 1.82) is 0 Å². The van der Waals surface area contributed by atoms with Crippen molar-refractivity contribution in [3.8, 4) is 0 Å². The van der Waals surface area contributed by atoms with Crippen LogP contribution in [0, 0.1) is 0 Å². The van der Waals surface area contributed by atoms with E-state index < -0.39 is 0 Å². The number of anilines is 1. The van der Waals surface area contributed by atoms with Crippen molar-refractivity contribution in [2.75, 3.05) is 24.5 Å². The summed E-state index contributed by atoms with van der Waals surface area (Å²) in [7, 11) is 0. The van der Waals surface area contributed by atoms with Crippen LogP contribution in [0.15, 0.2) is 24.4 Å². The van der Waals surface area contributed by atoms with E-state index in [0.29, 0.717) is 6.04 Å². The Kier molecular flexibility index (Phi) is 2.69. The summed E-state index contributed by atoms with van der Waals surface area (Å²) in [6.45, 7) is 3.44. The second-order valence-electron chi connectivity index (χ2n) is 5.68. The lowest BCUT2D eigenvalue weighted by atomic mass is 10.00. The van der Waals surface area contributed by atoms with Gasteiger partial charge in [-0.2, -0.15) is 5.10 Å². The normalized spacial score (nSPS) is 23.6. The van der Waals surface area contributed by atoms with Gasteiger partial charge in [-0.25, -0.2) is 4.52 Å². The summed E-state index contributed by atoms with van der Waals surface area (Å²) in [5.74, 6) is 1.11.